The summed E-state index contributed by atoms with van der Waals surface area (Å²) >= 11 is 0. The highest BCUT2D eigenvalue weighted by atomic mass is 16.3. The molecule has 0 spiro atoms. The Balaban J connectivity index is 2.00. The highest BCUT2D eigenvalue weighted by Gasteiger charge is 2.60. The number of allylic oxidation sites excluding steroid dienone is 1. The third-order valence-electron chi connectivity index (χ3n) is 6.93. The van der Waals surface area contributed by atoms with Crippen LogP contribution in [0.2, 0.25) is 0 Å². The number of ketones is 5. The molecule has 1 saturated carbocycles. The van der Waals surface area contributed by atoms with Crippen LogP contribution in [0.1, 0.15) is 65.5 Å². The summed E-state index contributed by atoms with van der Waals surface area (Å²) < 4.78 is 0. The molecule has 1 fully saturated rings. The molecule has 0 aliphatic heterocycles. The van der Waals surface area contributed by atoms with E-state index in [0.29, 0.717) is 0 Å². The average Bonchev–Trinajstić information content (AvgIpc) is 2.70. The molecule has 0 amide bonds. The Hall–Kier alpha value is -3.59. The lowest BCUT2D eigenvalue weighted by molar-refractivity contribution is -0.147. The van der Waals surface area contributed by atoms with E-state index in [1.807, 2.05) is 0 Å². The lowest BCUT2D eigenvalue weighted by Crippen LogP contribution is -2.57. The normalized spacial score (nSPS) is 26.5. The van der Waals surface area contributed by atoms with Crippen LogP contribution < -0.4 is 0 Å². The van der Waals surface area contributed by atoms with Gasteiger partial charge in [-0.05, 0) is 51.2 Å². The highest BCUT2D eigenvalue weighted by molar-refractivity contribution is 6.23. The minimum absolute atomic E-state index is 0.00533. The predicted octanol–water partition coefficient (Wildman–Crippen LogP) is 1.93. The largest absolute Gasteiger partial charge is 0.508 e. The summed E-state index contributed by atoms with van der Waals surface area (Å²) in [6.45, 7) is 3.47. The van der Waals surface area contributed by atoms with Gasteiger partial charge in [0.05, 0.1) is 11.1 Å². The van der Waals surface area contributed by atoms with Gasteiger partial charge in [-0.25, -0.2) is 0 Å². The molecule has 0 radical (unpaired) electrons. The van der Waals surface area contributed by atoms with Crippen molar-refractivity contribution in [3.05, 3.63) is 45.2 Å². The Labute approximate surface area is 188 Å². The number of fused-ring (bicyclic) bond motifs is 3. The minimum Gasteiger partial charge on any atom is -0.508 e. The summed E-state index contributed by atoms with van der Waals surface area (Å²) in [6.07, 6.45) is -0.340. The molecule has 3 atom stereocenters. The maximum Gasteiger partial charge on any atom is 0.202 e. The summed E-state index contributed by atoms with van der Waals surface area (Å²) in [7, 11) is 0. The zero-order valence-corrected chi connectivity index (χ0v) is 18.2. The summed E-state index contributed by atoms with van der Waals surface area (Å²) in [5.74, 6) is -7.70. The van der Waals surface area contributed by atoms with Gasteiger partial charge in [-0.3, -0.25) is 24.0 Å². The van der Waals surface area contributed by atoms with Gasteiger partial charge in [-0.1, -0.05) is 0 Å². The first kappa shape index (κ1) is 22.6. The number of phenols is 1. The number of benzene rings is 1. The van der Waals surface area contributed by atoms with Crippen LogP contribution in [0.15, 0.2) is 23.0 Å². The quantitative estimate of drug-likeness (QED) is 0.394. The molecule has 3 aliphatic carbocycles. The molecule has 1 aromatic rings. The van der Waals surface area contributed by atoms with E-state index in [1.165, 1.54) is 19.9 Å². The summed E-state index contributed by atoms with van der Waals surface area (Å²) in [4.78, 5) is 62.1. The third-order valence-corrected chi connectivity index (χ3v) is 6.93. The van der Waals surface area contributed by atoms with Gasteiger partial charge < -0.3 is 20.4 Å². The van der Waals surface area contributed by atoms with Crippen molar-refractivity contribution in [2.45, 2.75) is 45.6 Å². The van der Waals surface area contributed by atoms with Gasteiger partial charge in [-0.15, -0.1) is 0 Å². The van der Waals surface area contributed by atoms with Crippen LogP contribution in [0.3, 0.4) is 0 Å². The highest BCUT2D eigenvalue weighted by Crippen LogP contribution is 2.52. The number of carbonyl (C=O) groups is 5. The van der Waals surface area contributed by atoms with Crippen LogP contribution in [0, 0.1) is 11.8 Å². The minimum atomic E-state index is -2.59. The maximum atomic E-state index is 13.5. The van der Waals surface area contributed by atoms with Crippen molar-refractivity contribution in [1.82, 2.24) is 0 Å². The predicted molar refractivity (Wildman–Crippen MR) is 113 cm³/mol. The molecule has 0 aromatic heterocycles. The standard InChI is InChI=1S/C24H22O9/c1-8(25)13-7-14(9(2)26)20(29)19-15(13)5-11-4-12-6-16(28)17(10(3)27)22(31)24(12,33)23(32)18(11)21(19)30/h7,11-12,29-31,33H,4-6H2,1-3H3. The zero-order valence-electron chi connectivity index (χ0n) is 18.2. The van der Waals surface area contributed by atoms with Crippen molar-refractivity contribution >= 4 is 34.7 Å². The van der Waals surface area contributed by atoms with Crippen LogP contribution in [-0.4, -0.2) is 54.9 Å². The molecular formula is C24H22O9. The third kappa shape index (κ3) is 2.92. The fourth-order valence-electron chi connectivity index (χ4n) is 5.38. The van der Waals surface area contributed by atoms with Crippen LogP contribution >= 0.6 is 0 Å². The Morgan fingerprint density at radius 2 is 1.55 bits per heavy atom. The summed E-state index contributed by atoms with van der Waals surface area (Å²) in [6, 6.07) is 1.25. The molecule has 0 bridgehead atoms. The van der Waals surface area contributed by atoms with E-state index in [1.54, 1.807) is 0 Å². The SMILES string of the molecule is CC(=O)C1=C(O)C2(O)C(=O)C3=C(O)c4c(O)c(C(C)=O)cc(C(C)=O)c4CC3CC2CC1=O. The number of aromatic hydroxyl groups is 1. The van der Waals surface area contributed by atoms with Crippen molar-refractivity contribution in [1.29, 1.82) is 0 Å². The zero-order chi connectivity index (χ0) is 24.6. The second-order valence-electron chi connectivity index (χ2n) is 8.88. The molecule has 3 aliphatic rings. The van der Waals surface area contributed by atoms with Gasteiger partial charge in [0.2, 0.25) is 5.78 Å². The fraction of sp³-hybridized carbons (Fsp3) is 0.375. The number of hydrogen-bond donors (Lipinski definition) is 4. The summed E-state index contributed by atoms with van der Waals surface area (Å²) in [5, 5.41) is 43.6. The van der Waals surface area contributed by atoms with Crippen LogP contribution in [0.25, 0.3) is 5.76 Å². The first-order valence-electron chi connectivity index (χ1n) is 10.4. The fourth-order valence-corrected chi connectivity index (χ4v) is 5.38. The molecule has 1 aromatic carbocycles. The van der Waals surface area contributed by atoms with Crippen LogP contribution in [-0.2, 0) is 20.8 Å². The number of hydrogen-bond acceptors (Lipinski definition) is 9. The van der Waals surface area contributed by atoms with E-state index in [9.17, 15) is 44.4 Å². The first-order chi connectivity index (χ1) is 15.3. The topological polar surface area (TPSA) is 166 Å². The number of Topliss-reactive ketones (excluding diaryl/α,β-unsaturated/α-hetero) is 5. The van der Waals surface area contributed by atoms with E-state index in [0.717, 1.165) is 6.92 Å². The molecule has 3 unspecified atom stereocenters. The van der Waals surface area contributed by atoms with Crippen LogP contribution in [0.5, 0.6) is 5.75 Å². The Morgan fingerprint density at radius 3 is 2.09 bits per heavy atom. The van der Waals surface area contributed by atoms with Gasteiger partial charge in [0.1, 0.15) is 22.8 Å². The van der Waals surface area contributed by atoms with Gasteiger partial charge in [0, 0.05) is 23.5 Å². The molecule has 0 heterocycles. The van der Waals surface area contributed by atoms with Crippen molar-refractivity contribution in [2.24, 2.45) is 11.8 Å². The summed E-state index contributed by atoms with van der Waals surface area (Å²) in [5.41, 5.74) is -3.66. The molecule has 172 valence electrons. The molecule has 4 rings (SSSR count). The monoisotopic (exact) mass is 454 g/mol. The molecule has 9 heteroatoms. The van der Waals surface area contributed by atoms with Crippen molar-refractivity contribution in [3.63, 3.8) is 0 Å². The number of rotatable bonds is 3. The van der Waals surface area contributed by atoms with E-state index in [-0.39, 0.29) is 47.1 Å². The number of aliphatic hydroxyl groups excluding tert-OH is 2. The number of phenolic OH excluding ortho intramolecular Hbond substituents is 1. The molecule has 9 nitrogen and oxygen atoms in total. The molecule has 0 saturated heterocycles. The second kappa shape index (κ2) is 7.21. The van der Waals surface area contributed by atoms with E-state index < -0.39 is 69.2 Å². The Bertz CT molecular complexity index is 1260. The van der Waals surface area contributed by atoms with E-state index in [4.69, 9.17) is 0 Å². The van der Waals surface area contributed by atoms with Crippen molar-refractivity contribution < 1.29 is 44.4 Å². The lowest BCUT2D eigenvalue weighted by Gasteiger charge is -2.46. The van der Waals surface area contributed by atoms with E-state index in [2.05, 4.69) is 0 Å². The van der Waals surface area contributed by atoms with E-state index >= 15 is 0 Å². The second-order valence-corrected chi connectivity index (χ2v) is 8.88. The lowest BCUT2D eigenvalue weighted by atomic mass is 9.59. The smallest absolute Gasteiger partial charge is 0.202 e. The first-order valence-corrected chi connectivity index (χ1v) is 10.4. The number of carbonyl (C=O) groups excluding carboxylic acids is 5. The number of aliphatic hydroxyl groups is 3. The van der Waals surface area contributed by atoms with Crippen molar-refractivity contribution in [2.75, 3.05) is 0 Å². The van der Waals surface area contributed by atoms with Gasteiger partial charge in [0.25, 0.3) is 0 Å². The van der Waals surface area contributed by atoms with Gasteiger partial charge in [0.15, 0.2) is 28.7 Å². The molecule has 33 heavy (non-hydrogen) atoms. The molecular weight excluding hydrogens is 432 g/mol. The van der Waals surface area contributed by atoms with Gasteiger partial charge >= 0.3 is 0 Å². The van der Waals surface area contributed by atoms with Crippen molar-refractivity contribution in [3.8, 4) is 5.75 Å². The van der Waals surface area contributed by atoms with Gasteiger partial charge in [-0.2, -0.15) is 0 Å². The maximum absolute atomic E-state index is 13.5. The van der Waals surface area contributed by atoms with Crippen LogP contribution in [0.4, 0.5) is 0 Å². The molecule has 4 N–H and O–H groups in total. The Morgan fingerprint density at radius 1 is 0.939 bits per heavy atom. The Kier molecular flexibility index (Phi) is 4.94. The average molecular weight is 454 g/mol.